The van der Waals surface area contributed by atoms with E-state index in [0.29, 0.717) is 11.1 Å². The second kappa shape index (κ2) is 19.0. The summed E-state index contributed by atoms with van der Waals surface area (Å²) in [6, 6.07) is 0. The Bertz CT molecular complexity index is 184. The summed E-state index contributed by atoms with van der Waals surface area (Å²) in [5.74, 6) is 0. The second-order valence-corrected chi connectivity index (χ2v) is 5.55. The van der Waals surface area contributed by atoms with Crippen LogP contribution in [0, 0.1) is 0 Å². The smallest absolute Gasteiger partial charge is 0.0207 e. The fraction of sp³-hybridized carbons (Fsp3) is 1.00. The van der Waals surface area contributed by atoms with E-state index in [1.165, 1.54) is 38.5 Å². The molecule has 0 aromatic rings. The summed E-state index contributed by atoms with van der Waals surface area (Å²) < 4.78 is 0. The second-order valence-electron chi connectivity index (χ2n) is 5.55. The summed E-state index contributed by atoms with van der Waals surface area (Å²) in [6.07, 6.45) is 7.90. The summed E-state index contributed by atoms with van der Waals surface area (Å²) in [4.78, 5) is 2.65. The first-order chi connectivity index (χ1) is 10.5. The van der Waals surface area contributed by atoms with Crippen molar-refractivity contribution in [2.75, 3.05) is 7.05 Å². The van der Waals surface area contributed by atoms with E-state index in [4.69, 9.17) is 0 Å². The predicted molar refractivity (Wildman–Crippen MR) is 109 cm³/mol. The minimum absolute atomic E-state index is 0.464. The zero-order valence-electron chi connectivity index (χ0n) is 18.7. The SMILES string of the molecule is CC.CC.CC.CCC.CCC1(C)CCC(CC)(CC)N1C. The van der Waals surface area contributed by atoms with Crippen molar-refractivity contribution in [2.24, 2.45) is 0 Å². The van der Waals surface area contributed by atoms with Gasteiger partial charge in [0.15, 0.2) is 0 Å². The van der Waals surface area contributed by atoms with E-state index in [1.54, 1.807) is 0 Å². The third-order valence-electron chi connectivity index (χ3n) is 4.73. The highest BCUT2D eigenvalue weighted by Gasteiger charge is 2.46. The van der Waals surface area contributed by atoms with Crippen LogP contribution < -0.4 is 0 Å². The first-order valence-electron chi connectivity index (χ1n) is 10.2. The molecule has 0 saturated carbocycles. The van der Waals surface area contributed by atoms with Crippen LogP contribution in [-0.2, 0) is 0 Å². The van der Waals surface area contributed by atoms with Crippen LogP contribution in [0.3, 0.4) is 0 Å². The minimum atomic E-state index is 0.464. The highest BCUT2D eigenvalue weighted by atomic mass is 15.3. The van der Waals surface area contributed by atoms with Gasteiger partial charge >= 0.3 is 0 Å². The predicted octanol–water partition coefficient (Wildman–Crippen LogP) is 7.93. The van der Waals surface area contributed by atoms with E-state index in [0.717, 1.165) is 0 Å². The third-order valence-corrected chi connectivity index (χ3v) is 4.73. The molecular formula is C21H51N. The summed E-state index contributed by atoms with van der Waals surface area (Å²) in [5.41, 5.74) is 0.969. The van der Waals surface area contributed by atoms with Gasteiger partial charge in [-0.3, -0.25) is 4.90 Å². The van der Waals surface area contributed by atoms with Crippen LogP contribution in [0.4, 0.5) is 0 Å². The molecule has 140 valence electrons. The Morgan fingerprint density at radius 3 is 1.14 bits per heavy atom. The normalized spacial score (nSPS) is 21.7. The van der Waals surface area contributed by atoms with Crippen molar-refractivity contribution in [3.8, 4) is 0 Å². The lowest BCUT2D eigenvalue weighted by atomic mass is 9.90. The first-order valence-corrected chi connectivity index (χ1v) is 10.2. The molecule has 1 unspecified atom stereocenters. The topological polar surface area (TPSA) is 3.24 Å². The quantitative estimate of drug-likeness (QED) is 0.510. The Labute approximate surface area is 145 Å². The summed E-state index contributed by atoms with van der Waals surface area (Å²) in [6.45, 7) is 25.7. The number of hydrogen-bond acceptors (Lipinski definition) is 1. The van der Waals surface area contributed by atoms with Crippen LogP contribution >= 0.6 is 0 Å². The summed E-state index contributed by atoms with van der Waals surface area (Å²) in [5, 5.41) is 0. The fourth-order valence-corrected chi connectivity index (χ4v) is 2.90. The van der Waals surface area contributed by atoms with Crippen molar-refractivity contribution in [1.82, 2.24) is 4.90 Å². The standard InChI is InChI=1S/C12H25N.C3H8.3C2H6/c1-6-11(4)9-10-12(7-2,8-3)13(11)5;1-3-2;3*1-2/h6-10H2,1-5H3;3H2,1-2H3;3*1-2H3. The molecular weight excluding hydrogens is 266 g/mol. The van der Waals surface area contributed by atoms with Gasteiger partial charge in [0.25, 0.3) is 0 Å². The van der Waals surface area contributed by atoms with Gasteiger partial charge in [0.05, 0.1) is 0 Å². The van der Waals surface area contributed by atoms with Gasteiger partial charge in [0.1, 0.15) is 0 Å². The molecule has 1 fully saturated rings. The zero-order chi connectivity index (χ0) is 18.8. The molecule has 1 aliphatic rings. The minimum Gasteiger partial charge on any atom is -0.295 e. The average molecular weight is 318 g/mol. The van der Waals surface area contributed by atoms with E-state index >= 15 is 0 Å². The van der Waals surface area contributed by atoms with Crippen LogP contribution in [0.1, 0.15) is 122 Å². The molecule has 0 spiro atoms. The van der Waals surface area contributed by atoms with Crippen LogP contribution in [0.2, 0.25) is 0 Å². The lowest BCUT2D eigenvalue weighted by Crippen LogP contribution is -2.49. The summed E-state index contributed by atoms with van der Waals surface area (Å²) in [7, 11) is 2.32. The molecule has 0 aromatic heterocycles. The maximum Gasteiger partial charge on any atom is 0.0207 e. The maximum atomic E-state index is 2.65. The van der Waals surface area contributed by atoms with Crippen molar-refractivity contribution in [3.63, 3.8) is 0 Å². The van der Waals surface area contributed by atoms with E-state index in [2.05, 4.69) is 53.5 Å². The molecule has 1 saturated heterocycles. The molecule has 0 aromatic carbocycles. The monoisotopic (exact) mass is 317 g/mol. The van der Waals surface area contributed by atoms with Gasteiger partial charge in [-0.1, -0.05) is 82.6 Å². The highest BCUT2D eigenvalue weighted by molar-refractivity contribution is 5.03. The highest BCUT2D eigenvalue weighted by Crippen LogP contribution is 2.44. The van der Waals surface area contributed by atoms with Crippen molar-refractivity contribution in [3.05, 3.63) is 0 Å². The number of nitrogens with zero attached hydrogens (tertiary/aromatic N) is 1. The largest absolute Gasteiger partial charge is 0.295 e. The van der Waals surface area contributed by atoms with Crippen LogP contribution in [-0.4, -0.2) is 23.0 Å². The molecule has 22 heavy (non-hydrogen) atoms. The Balaban J connectivity index is -0.000000153. The molecule has 0 bridgehead atoms. The van der Waals surface area contributed by atoms with Crippen LogP contribution in [0.25, 0.3) is 0 Å². The molecule has 1 rings (SSSR count). The molecule has 0 aliphatic carbocycles. The first kappa shape index (κ1) is 29.9. The lowest BCUT2D eigenvalue weighted by molar-refractivity contribution is 0.0672. The van der Waals surface area contributed by atoms with Crippen LogP contribution in [0.5, 0.6) is 0 Å². The van der Waals surface area contributed by atoms with Crippen molar-refractivity contribution in [1.29, 1.82) is 0 Å². The van der Waals surface area contributed by atoms with Gasteiger partial charge in [-0.2, -0.15) is 0 Å². The Morgan fingerprint density at radius 2 is 1.00 bits per heavy atom. The number of hydrogen-bond donors (Lipinski definition) is 0. The molecule has 0 N–H and O–H groups in total. The van der Waals surface area contributed by atoms with Gasteiger partial charge in [-0.15, -0.1) is 0 Å². The van der Waals surface area contributed by atoms with Gasteiger partial charge in [-0.05, 0) is 46.1 Å². The molecule has 0 amide bonds. The molecule has 1 atom stereocenters. The molecule has 1 heteroatoms. The third kappa shape index (κ3) is 9.18. The van der Waals surface area contributed by atoms with Crippen molar-refractivity contribution in [2.45, 2.75) is 133 Å². The lowest BCUT2D eigenvalue weighted by Gasteiger charge is -2.42. The number of likely N-dealkylation sites (tertiary alicyclic amines) is 1. The van der Waals surface area contributed by atoms with Crippen molar-refractivity contribution >= 4 is 0 Å². The molecule has 1 aliphatic heterocycles. The number of rotatable bonds is 3. The van der Waals surface area contributed by atoms with E-state index in [-0.39, 0.29) is 0 Å². The van der Waals surface area contributed by atoms with Gasteiger partial charge in [-0.25, -0.2) is 0 Å². The van der Waals surface area contributed by atoms with Crippen LogP contribution in [0.15, 0.2) is 0 Å². The van der Waals surface area contributed by atoms with Gasteiger partial charge in [0, 0.05) is 11.1 Å². The van der Waals surface area contributed by atoms with Gasteiger partial charge in [0.2, 0.25) is 0 Å². The maximum absolute atomic E-state index is 2.65. The molecule has 1 heterocycles. The fourth-order valence-electron chi connectivity index (χ4n) is 2.90. The molecule has 1 nitrogen and oxygen atoms in total. The van der Waals surface area contributed by atoms with E-state index in [9.17, 15) is 0 Å². The Hall–Kier alpha value is -0.0400. The van der Waals surface area contributed by atoms with Gasteiger partial charge < -0.3 is 0 Å². The molecule has 0 radical (unpaired) electrons. The average Bonchev–Trinajstić information content (AvgIpc) is 2.87. The Kier molecular flexibility index (Phi) is 25.8. The van der Waals surface area contributed by atoms with Crippen molar-refractivity contribution < 1.29 is 0 Å². The summed E-state index contributed by atoms with van der Waals surface area (Å²) >= 11 is 0. The van der Waals surface area contributed by atoms with E-state index in [1.807, 2.05) is 41.5 Å². The zero-order valence-corrected chi connectivity index (χ0v) is 18.7. The Morgan fingerprint density at radius 1 is 0.682 bits per heavy atom. The van der Waals surface area contributed by atoms with E-state index < -0.39 is 0 Å².